The van der Waals surface area contributed by atoms with Crippen LogP contribution >= 0.6 is 12.4 Å². The van der Waals surface area contributed by atoms with Gasteiger partial charge in [-0.2, -0.15) is 0 Å². The molecule has 0 saturated carbocycles. The molecule has 0 radical (unpaired) electrons. The largest absolute Gasteiger partial charge is 0.379 e. The summed E-state index contributed by atoms with van der Waals surface area (Å²) in [6, 6.07) is 5.51. The van der Waals surface area contributed by atoms with Crippen molar-refractivity contribution in [3.8, 4) is 0 Å². The van der Waals surface area contributed by atoms with Gasteiger partial charge >= 0.3 is 0 Å². The molecule has 0 bridgehead atoms. The van der Waals surface area contributed by atoms with Crippen LogP contribution in [0.1, 0.15) is 31.7 Å². The SMILES string of the molecule is Cc1ccc(NCCCNC(=O)[C@H]2CCN[C@@H](C)C2)c([N+](=O)[O-])c1.Cl. The minimum absolute atomic E-state index is 0. The summed E-state index contributed by atoms with van der Waals surface area (Å²) in [5.74, 6) is 0.206. The number of hydrogen-bond donors (Lipinski definition) is 3. The lowest BCUT2D eigenvalue weighted by Crippen LogP contribution is -2.42. The Balaban J connectivity index is 0.00000312. The van der Waals surface area contributed by atoms with Crippen molar-refractivity contribution in [2.45, 2.75) is 39.2 Å². The van der Waals surface area contributed by atoms with Crippen LogP contribution in [0.4, 0.5) is 11.4 Å². The van der Waals surface area contributed by atoms with Crippen LogP contribution in [0.5, 0.6) is 0 Å². The van der Waals surface area contributed by atoms with Crippen LogP contribution in [0.25, 0.3) is 0 Å². The summed E-state index contributed by atoms with van der Waals surface area (Å²) in [6.07, 6.45) is 2.47. The van der Waals surface area contributed by atoms with Gasteiger partial charge in [0.2, 0.25) is 5.91 Å². The summed E-state index contributed by atoms with van der Waals surface area (Å²) in [5, 5.41) is 20.4. The van der Waals surface area contributed by atoms with Crippen LogP contribution in [0.2, 0.25) is 0 Å². The Labute approximate surface area is 154 Å². The summed E-state index contributed by atoms with van der Waals surface area (Å²) in [4.78, 5) is 22.8. The lowest BCUT2D eigenvalue weighted by atomic mass is 9.92. The van der Waals surface area contributed by atoms with Crippen LogP contribution in [0.3, 0.4) is 0 Å². The van der Waals surface area contributed by atoms with Gasteiger partial charge in [-0.05, 0) is 51.3 Å². The molecule has 1 aromatic rings. The molecule has 1 amide bonds. The van der Waals surface area contributed by atoms with E-state index in [0.717, 1.165) is 31.4 Å². The Hall–Kier alpha value is -1.86. The Bertz CT molecular complexity index is 597. The number of carbonyl (C=O) groups is 1. The number of anilines is 1. The third kappa shape index (κ3) is 6.51. The van der Waals surface area contributed by atoms with Crippen LogP contribution < -0.4 is 16.0 Å². The van der Waals surface area contributed by atoms with Crippen molar-refractivity contribution in [1.82, 2.24) is 10.6 Å². The lowest BCUT2D eigenvalue weighted by Gasteiger charge is -2.27. The number of aryl methyl sites for hydroxylation is 1. The first-order valence-corrected chi connectivity index (χ1v) is 8.47. The molecule has 25 heavy (non-hydrogen) atoms. The molecule has 0 unspecified atom stereocenters. The summed E-state index contributed by atoms with van der Waals surface area (Å²) in [6.45, 7) is 5.96. The topological polar surface area (TPSA) is 96.3 Å². The second-order valence-electron chi connectivity index (χ2n) is 6.43. The smallest absolute Gasteiger partial charge is 0.292 e. The van der Waals surface area contributed by atoms with Gasteiger partial charge < -0.3 is 16.0 Å². The Kier molecular flexibility index (Phi) is 8.65. The van der Waals surface area contributed by atoms with E-state index in [2.05, 4.69) is 22.9 Å². The van der Waals surface area contributed by atoms with E-state index in [1.54, 1.807) is 12.1 Å². The predicted octanol–water partition coefficient (Wildman–Crippen LogP) is 2.63. The minimum atomic E-state index is -0.380. The van der Waals surface area contributed by atoms with Gasteiger partial charge in [0, 0.05) is 31.1 Å². The van der Waals surface area contributed by atoms with Gasteiger partial charge in [-0.25, -0.2) is 0 Å². The van der Waals surface area contributed by atoms with Gasteiger partial charge in [0.05, 0.1) is 4.92 Å². The molecule has 7 nitrogen and oxygen atoms in total. The number of piperidine rings is 1. The summed E-state index contributed by atoms with van der Waals surface area (Å²) in [7, 11) is 0. The minimum Gasteiger partial charge on any atom is -0.379 e. The molecule has 1 aliphatic heterocycles. The number of benzene rings is 1. The zero-order valence-corrected chi connectivity index (χ0v) is 15.5. The Morgan fingerprint density at radius 1 is 1.40 bits per heavy atom. The van der Waals surface area contributed by atoms with E-state index in [0.29, 0.717) is 24.8 Å². The monoisotopic (exact) mass is 370 g/mol. The number of nitro benzene ring substituents is 1. The molecule has 140 valence electrons. The first kappa shape index (κ1) is 21.2. The van der Waals surface area contributed by atoms with Gasteiger partial charge in [-0.15, -0.1) is 12.4 Å². The second-order valence-corrected chi connectivity index (χ2v) is 6.43. The van der Waals surface area contributed by atoms with E-state index in [4.69, 9.17) is 0 Å². The van der Waals surface area contributed by atoms with Gasteiger partial charge in [0.1, 0.15) is 5.69 Å². The van der Waals surface area contributed by atoms with Crippen molar-refractivity contribution in [3.05, 3.63) is 33.9 Å². The average molecular weight is 371 g/mol. The molecule has 2 atom stereocenters. The zero-order chi connectivity index (χ0) is 17.5. The molecular weight excluding hydrogens is 344 g/mol. The third-order valence-corrected chi connectivity index (χ3v) is 4.31. The molecule has 3 N–H and O–H groups in total. The van der Waals surface area contributed by atoms with Crippen molar-refractivity contribution in [2.24, 2.45) is 5.92 Å². The lowest BCUT2D eigenvalue weighted by molar-refractivity contribution is -0.384. The third-order valence-electron chi connectivity index (χ3n) is 4.31. The summed E-state index contributed by atoms with van der Waals surface area (Å²) >= 11 is 0. The van der Waals surface area contributed by atoms with Crippen molar-refractivity contribution in [3.63, 3.8) is 0 Å². The molecule has 8 heteroatoms. The van der Waals surface area contributed by atoms with Crippen molar-refractivity contribution >= 4 is 29.7 Å². The number of halogens is 1. The quantitative estimate of drug-likeness (QED) is 0.389. The standard InChI is InChI=1S/C17H26N4O3.ClH/c1-12-4-5-15(16(10-12)21(23)24)19-7-3-8-20-17(22)14-6-9-18-13(2)11-14;/h4-5,10,13-14,18-19H,3,6-9,11H2,1-2H3,(H,20,22);1H/t13-,14-;/m0./s1. The number of rotatable bonds is 7. The number of amides is 1. The molecule has 1 saturated heterocycles. The molecule has 1 aromatic carbocycles. The highest BCUT2D eigenvalue weighted by atomic mass is 35.5. The van der Waals surface area contributed by atoms with Gasteiger partial charge in [-0.1, -0.05) is 6.07 Å². The maximum atomic E-state index is 12.1. The maximum Gasteiger partial charge on any atom is 0.292 e. The maximum absolute atomic E-state index is 12.1. The van der Waals surface area contributed by atoms with Gasteiger partial charge in [0.15, 0.2) is 0 Å². The van der Waals surface area contributed by atoms with Crippen LogP contribution in [-0.4, -0.2) is 36.5 Å². The summed E-state index contributed by atoms with van der Waals surface area (Å²) < 4.78 is 0. The summed E-state index contributed by atoms with van der Waals surface area (Å²) in [5.41, 5.74) is 1.46. The number of nitrogens with one attached hydrogen (secondary N) is 3. The second kappa shape index (κ2) is 10.2. The average Bonchev–Trinajstić information content (AvgIpc) is 2.55. The number of hydrogen-bond acceptors (Lipinski definition) is 5. The fraction of sp³-hybridized carbons (Fsp3) is 0.588. The molecule has 1 heterocycles. The normalized spacial score (nSPS) is 19.6. The van der Waals surface area contributed by atoms with E-state index in [-0.39, 0.29) is 34.8 Å². The number of carbonyl (C=O) groups excluding carboxylic acids is 1. The molecule has 0 aromatic heterocycles. The Morgan fingerprint density at radius 2 is 2.16 bits per heavy atom. The fourth-order valence-electron chi connectivity index (χ4n) is 2.98. The van der Waals surface area contributed by atoms with E-state index in [1.165, 1.54) is 0 Å². The molecule has 1 aliphatic rings. The molecule has 0 spiro atoms. The van der Waals surface area contributed by atoms with E-state index in [9.17, 15) is 14.9 Å². The van der Waals surface area contributed by atoms with Crippen molar-refractivity contribution < 1.29 is 9.72 Å². The zero-order valence-electron chi connectivity index (χ0n) is 14.7. The first-order valence-electron chi connectivity index (χ1n) is 8.47. The highest BCUT2D eigenvalue weighted by Crippen LogP contribution is 2.25. The molecular formula is C17H27ClN4O3. The number of nitro groups is 1. The highest BCUT2D eigenvalue weighted by molar-refractivity contribution is 5.85. The van der Waals surface area contributed by atoms with E-state index >= 15 is 0 Å². The molecule has 0 aliphatic carbocycles. The molecule has 1 fully saturated rings. The van der Waals surface area contributed by atoms with Gasteiger partial charge in [-0.3, -0.25) is 14.9 Å². The highest BCUT2D eigenvalue weighted by Gasteiger charge is 2.24. The van der Waals surface area contributed by atoms with E-state index < -0.39 is 0 Å². The molecule has 2 rings (SSSR count). The van der Waals surface area contributed by atoms with Crippen molar-refractivity contribution in [1.29, 1.82) is 0 Å². The van der Waals surface area contributed by atoms with Crippen LogP contribution in [0, 0.1) is 23.0 Å². The van der Waals surface area contributed by atoms with Crippen LogP contribution in [-0.2, 0) is 4.79 Å². The number of nitrogens with zero attached hydrogens (tertiary/aromatic N) is 1. The van der Waals surface area contributed by atoms with E-state index in [1.807, 2.05) is 13.0 Å². The van der Waals surface area contributed by atoms with Crippen molar-refractivity contribution in [2.75, 3.05) is 25.0 Å². The Morgan fingerprint density at radius 3 is 2.84 bits per heavy atom. The first-order chi connectivity index (χ1) is 11.5. The predicted molar refractivity (Wildman–Crippen MR) is 101 cm³/mol. The fourth-order valence-corrected chi connectivity index (χ4v) is 2.98. The van der Waals surface area contributed by atoms with Gasteiger partial charge in [0.25, 0.3) is 5.69 Å². The van der Waals surface area contributed by atoms with Crippen LogP contribution in [0.15, 0.2) is 18.2 Å².